The van der Waals surface area contributed by atoms with Crippen LogP contribution in [0.5, 0.6) is 0 Å². The molecule has 0 spiro atoms. The fourth-order valence-corrected chi connectivity index (χ4v) is 2.26. The van der Waals surface area contributed by atoms with Gasteiger partial charge in [0, 0.05) is 18.7 Å². The van der Waals surface area contributed by atoms with Gasteiger partial charge in [-0.25, -0.2) is 4.68 Å². The summed E-state index contributed by atoms with van der Waals surface area (Å²) in [5.74, 6) is -0.666. The van der Waals surface area contributed by atoms with Crippen molar-refractivity contribution in [3.05, 3.63) is 34.9 Å². The van der Waals surface area contributed by atoms with Crippen LogP contribution in [0.1, 0.15) is 32.0 Å². The molecule has 0 radical (unpaired) electrons. The highest BCUT2D eigenvalue weighted by atomic mass is 35.5. The van der Waals surface area contributed by atoms with Gasteiger partial charge in [0.1, 0.15) is 5.15 Å². The molecule has 0 aliphatic heterocycles. The Morgan fingerprint density at radius 3 is 2.65 bits per heavy atom. The number of rotatable bonds is 5. The Hall–Kier alpha value is -2.61. The van der Waals surface area contributed by atoms with E-state index in [1.165, 1.54) is 21.6 Å². The fraction of sp³-hybridized carbons (Fsp3) is 0.412. The quantitative estimate of drug-likeness (QED) is 0.637. The first kappa shape index (κ1) is 19.7. The minimum atomic E-state index is -0.583. The standard InChI is InChI=1S/C17H22ClN5O3/c1-11-13(15(18)22(5)21-11)6-7-14(24)20-12-8-19-23(9-12)10-26-16(25)17(2,3)4/h6-9H,10H2,1-5H3,(H,20,24)/b7-6+. The van der Waals surface area contributed by atoms with Crippen LogP contribution in [-0.2, 0) is 28.1 Å². The molecule has 2 aromatic rings. The highest BCUT2D eigenvalue weighted by Crippen LogP contribution is 2.20. The summed E-state index contributed by atoms with van der Waals surface area (Å²) in [6, 6.07) is 0. The first-order valence-corrected chi connectivity index (χ1v) is 8.33. The van der Waals surface area contributed by atoms with Crippen LogP contribution in [0, 0.1) is 12.3 Å². The normalized spacial score (nSPS) is 11.8. The molecule has 0 aromatic carbocycles. The van der Waals surface area contributed by atoms with Gasteiger partial charge in [-0.15, -0.1) is 0 Å². The molecule has 8 nitrogen and oxygen atoms in total. The van der Waals surface area contributed by atoms with Gasteiger partial charge in [-0.1, -0.05) is 11.6 Å². The van der Waals surface area contributed by atoms with Gasteiger partial charge in [-0.2, -0.15) is 10.2 Å². The third-order valence-electron chi connectivity index (χ3n) is 3.44. The van der Waals surface area contributed by atoms with Crippen molar-refractivity contribution in [3.63, 3.8) is 0 Å². The fourth-order valence-electron chi connectivity index (χ4n) is 2.02. The summed E-state index contributed by atoms with van der Waals surface area (Å²) in [5, 5.41) is 11.3. The lowest BCUT2D eigenvalue weighted by Gasteiger charge is -2.16. The molecule has 140 valence electrons. The van der Waals surface area contributed by atoms with Crippen LogP contribution in [0.25, 0.3) is 6.08 Å². The zero-order valence-corrected chi connectivity index (χ0v) is 16.2. The predicted molar refractivity (Wildman–Crippen MR) is 98.4 cm³/mol. The molecule has 1 N–H and O–H groups in total. The van der Waals surface area contributed by atoms with Gasteiger partial charge in [-0.05, 0) is 33.8 Å². The van der Waals surface area contributed by atoms with E-state index >= 15 is 0 Å². The van der Waals surface area contributed by atoms with Crippen LogP contribution < -0.4 is 5.32 Å². The second kappa shape index (κ2) is 7.74. The van der Waals surface area contributed by atoms with Crippen molar-refractivity contribution in [2.24, 2.45) is 12.5 Å². The number of hydrogen-bond acceptors (Lipinski definition) is 5. The van der Waals surface area contributed by atoms with E-state index in [0.717, 1.165) is 5.69 Å². The third kappa shape index (κ3) is 4.95. The number of aryl methyl sites for hydroxylation is 2. The minimum Gasteiger partial charge on any atom is -0.442 e. The molecule has 1 amide bonds. The van der Waals surface area contributed by atoms with E-state index in [1.54, 1.807) is 40.1 Å². The van der Waals surface area contributed by atoms with Gasteiger partial charge in [0.15, 0.2) is 6.73 Å². The summed E-state index contributed by atoms with van der Waals surface area (Å²) in [6.07, 6.45) is 6.02. The number of nitrogens with one attached hydrogen (secondary N) is 1. The van der Waals surface area contributed by atoms with Gasteiger partial charge in [0.2, 0.25) is 5.91 Å². The number of carbonyl (C=O) groups is 2. The molecule has 26 heavy (non-hydrogen) atoms. The van der Waals surface area contributed by atoms with Crippen molar-refractivity contribution in [2.45, 2.75) is 34.4 Å². The minimum absolute atomic E-state index is 0.0215. The number of anilines is 1. The number of aromatic nitrogens is 4. The van der Waals surface area contributed by atoms with Crippen molar-refractivity contribution in [1.29, 1.82) is 0 Å². The van der Waals surface area contributed by atoms with Crippen LogP contribution in [-0.4, -0.2) is 31.4 Å². The molecule has 9 heteroatoms. The molecule has 0 saturated carbocycles. The van der Waals surface area contributed by atoms with Crippen LogP contribution in [0.2, 0.25) is 5.15 Å². The molecule has 2 rings (SSSR count). The molecule has 0 unspecified atom stereocenters. The molecule has 0 aliphatic rings. The summed E-state index contributed by atoms with van der Waals surface area (Å²) in [7, 11) is 1.73. The Labute approximate surface area is 156 Å². The summed E-state index contributed by atoms with van der Waals surface area (Å²) in [6.45, 7) is 7.10. The average Bonchev–Trinajstić information content (AvgIpc) is 3.07. The third-order valence-corrected chi connectivity index (χ3v) is 3.89. The first-order chi connectivity index (χ1) is 12.1. The topological polar surface area (TPSA) is 91.0 Å². The lowest BCUT2D eigenvalue weighted by atomic mass is 9.98. The van der Waals surface area contributed by atoms with Gasteiger partial charge in [0.25, 0.3) is 0 Å². The van der Waals surface area contributed by atoms with Crippen molar-refractivity contribution in [2.75, 3.05) is 5.32 Å². The number of halogens is 1. The Morgan fingerprint density at radius 1 is 1.38 bits per heavy atom. The lowest BCUT2D eigenvalue weighted by Crippen LogP contribution is -2.24. The van der Waals surface area contributed by atoms with E-state index in [9.17, 15) is 9.59 Å². The Bertz CT molecular complexity index is 845. The summed E-state index contributed by atoms with van der Waals surface area (Å²) in [4.78, 5) is 23.8. The van der Waals surface area contributed by atoms with E-state index in [-0.39, 0.29) is 18.6 Å². The maximum atomic E-state index is 12.0. The number of nitrogens with zero attached hydrogens (tertiary/aromatic N) is 4. The van der Waals surface area contributed by atoms with E-state index in [1.807, 2.05) is 6.92 Å². The van der Waals surface area contributed by atoms with Crippen molar-refractivity contribution in [1.82, 2.24) is 19.6 Å². The van der Waals surface area contributed by atoms with E-state index < -0.39 is 5.41 Å². The van der Waals surface area contributed by atoms with Gasteiger partial charge >= 0.3 is 5.97 Å². The van der Waals surface area contributed by atoms with Gasteiger partial charge in [-0.3, -0.25) is 14.3 Å². The van der Waals surface area contributed by atoms with Crippen LogP contribution >= 0.6 is 11.6 Å². The molecule has 0 atom stereocenters. The zero-order chi connectivity index (χ0) is 19.5. The molecule has 0 fully saturated rings. The molecule has 0 saturated heterocycles. The SMILES string of the molecule is Cc1nn(C)c(Cl)c1/C=C/C(=O)Nc1cnn(COC(=O)C(C)(C)C)c1. The van der Waals surface area contributed by atoms with E-state index in [4.69, 9.17) is 16.3 Å². The van der Waals surface area contributed by atoms with Crippen molar-refractivity contribution < 1.29 is 14.3 Å². The lowest BCUT2D eigenvalue weighted by molar-refractivity contribution is -0.157. The Morgan fingerprint density at radius 2 is 2.08 bits per heavy atom. The number of ether oxygens (including phenoxy) is 1. The maximum absolute atomic E-state index is 12.0. The molecule has 0 aliphatic carbocycles. The summed E-state index contributed by atoms with van der Waals surface area (Å²) >= 11 is 6.12. The first-order valence-electron chi connectivity index (χ1n) is 7.96. The van der Waals surface area contributed by atoms with E-state index in [0.29, 0.717) is 16.4 Å². The van der Waals surface area contributed by atoms with Crippen molar-refractivity contribution in [3.8, 4) is 0 Å². The molecule has 2 aromatic heterocycles. The average molecular weight is 380 g/mol. The second-order valence-electron chi connectivity index (χ2n) is 6.82. The summed E-state index contributed by atoms with van der Waals surface area (Å²) in [5.41, 5.74) is 1.32. The summed E-state index contributed by atoms with van der Waals surface area (Å²) < 4.78 is 8.12. The van der Waals surface area contributed by atoms with Crippen LogP contribution in [0.3, 0.4) is 0 Å². The second-order valence-corrected chi connectivity index (χ2v) is 7.17. The highest BCUT2D eigenvalue weighted by Gasteiger charge is 2.23. The number of amides is 1. The van der Waals surface area contributed by atoms with Gasteiger partial charge < -0.3 is 10.1 Å². The zero-order valence-electron chi connectivity index (χ0n) is 15.4. The van der Waals surface area contributed by atoms with Crippen molar-refractivity contribution >= 4 is 35.2 Å². The largest absolute Gasteiger partial charge is 0.442 e. The number of esters is 1. The smallest absolute Gasteiger partial charge is 0.313 e. The molecular weight excluding hydrogens is 358 g/mol. The number of hydrogen-bond donors (Lipinski definition) is 1. The number of carbonyl (C=O) groups excluding carboxylic acids is 2. The molecule has 2 heterocycles. The molecular formula is C17H22ClN5O3. The Kier molecular flexibility index (Phi) is 5.86. The van der Waals surface area contributed by atoms with Crippen LogP contribution in [0.4, 0.5) is 5.69 Å². The maximum Gasteiger partial charge on any atom is 0.313 e. The van der Waals surface area contributed by atoms with E-state index in [2.05, 4.69) is 15.5 Å². The molecule has 0 bridgehead atoms. The van der Waals surface area contributed by atoms with Gasteiger partial charge in [0.05, 0.1) is 29.2 Å². The monoisotopic (exact) mass is 379 g/mol. The predicted octanol–water partition coefficient (Wildman–Crippen LogP) is 2.78. The van der Waals surface area contributed by atoms with Crippen LogP contribution in [0.15, 0.2) is 18.5 Å². The Balaban J connectivity index is 1.93. The highest BCUT2D eigenvalue weighted by molar-refractivity contribution is 6.31.